The number of alkyl carbamates (subject to hydrolysis) is 1. The Hall–Kier alpha value is -2.28. The highest BCUT2D eigenvalue weighted by Gasteiger charge is 2.37. The fraction of sp³-hybridized carbons (Fsp3) is 0.529. The summed E-state index contributed by atoms with van der Waals surface area (Å²) in [5, 5.41) is 12.6. The number of carbonyl (C=O) groups is 2. The van der Waals surface area contributed by atoms with E-state index in [1.54, 1.807) is 20.8 Å². The van der Waals surface area contributed by atoms with Crippen molar-refractivity contribution in [2.45, 2.75) is 45.1 Å². The van der Waals surface area contributed by atoms with Crippen LogP contribution in [-0.2, 0) is 16.1 Å². The Balaban J connectivity index is 1.80. The van der Waals surface area contributed by atoms with Crippen LogP contribution in [-0.4, -0.2) is 53.0 Å². The average molecular weight is 336 g/mol. The van der Waals surface area contributed by atoms with Crippen molar-refractivity contribution < 1.29 is 24.2 Å². The lowest BCUT2D eigenvalue weighted by Crippen LogP contribution is -2.43. The van der Waals surface area contributed by atoms with Gasteiger partial charge in [0.05, 0.1) is 18.7 Å². The lowest BCUT2D eigenvalue weighted by atomic mass is 10.2. The summed E-state index contributed by atoms with van der Waals surface area (Å²) in [4.78, 5) is 25.2. The van der Waals surface area contributed by atoms with Crippen molar-refractivity contribution in [1.29, 1.82) is 0 Å². The number of rotatable bonds is 3. The molecule has 24 heavy (non-hydrogen) atoms. The van der Waals surface area contributed by atoms with E-state index in [2.05, 4.69) is 5.32 Å². The molecule has 1 aliphatic rings. The van der Waals surface area contributed by atoms with Crippen molar-refractivity contribution in [3.8, 4) is 0 Å². The predicted octanol–water partition coefficient (Wildman–Crippen LogP) is 1.89. The van der Waals surface area contributed by atoms with Crippen LogP contribution >= 0.6 is 0 Å². The lowest BCUT2D eigenvalue weighted by molar-refractivity contribution is 0.0269. The third kappa shape index (κ3) is 5.42. The minimum Gasteiger partial charge on any atom is -0.445 e. The van der Waals surface area contributed by atoms with Crippen molar-refractivity contribution >= 4 is 12.2 Å². The smallest absolute Gasteiger partial charge is 0.410 e. The minimum absolute atomic E-state index is 0.110. The van der Waals surface area contributed by atoms with Gasteiger partial charge in [-0.1, -0.05) is 30.3 Å². The Morgan fingerprint density at radius 2 is 1.92 bits per heavy atom. The predicted molar refractivity (Wildman–Crippen MR) is 87.4 cm³/mol. The van der Waals surface area contributed by atoms with E-state index < -0.39 is 29.9 Å². The topological polar surface area (TPSA) is 88.1 Å². The first kappa shape index (κ1) is 18.1. The Morgan fingerprint density at radius 1 is 1.25 bits per heavy atom. The van der Waals surface area contributed by atoms with E-state index >= 15 is 0 Å². The number of hydrogen-bond donors (Lipinski definition) is 2. The first-order valence-electron chi connectivity index (χ1n) is 7.88. The average Bonchev–Trinajstić information content (AvgIpc) is 2.86. The summed E-state index contributed by atoms with van der Waals surface area (Å²) in [6, 6.07) is 8.71. The van der Waals surface area contributed by atoms with Crippen LogP contribution in [0.1, 0.15) is 26.3 Å². The highest BCUT2D eigenvalue weighted by Crippen LogP contribution is 2.16. The molecular weight excluding hydrogens is 312 g/mol. The molecule has 1 heterocycles. The van der Waals surface area contributed by atoms with Gasteiger partial charge >= 0.3 is 12.2 Å². The van der Waals surface area contributed by atoms with Crippen LogP contribution in [0.5, 0.6) is 0 Å². The van der Waals surface area contributed by atoms with Gasteiger partial charge in [-0.15, -0.1) is 0 Å². The highest BCUT2D eigenvalue weighted by molar-refractivity contribution is 5.70. The second-order valence-corrected chi connectivity index (χ2v) is 6.77. The maximum Gasteiger partial charge on any atom is 0.410 e. The standard InChI is InChI=1S/C17H24N2O5/c1-17(2,3)24-16(22)19-9-13(14(20)10-19)18-15(21)23-11-12-7-5-4-6-8-12/h4-8,13-14,20H,9-11H2,1-3H3,(H,18,21)/t13-,14+/m1/s1. The monoisotopic (exact) mass is 336 g/mol. The second kappa shape index (κ2) is 7.53. The number of ether oxygens (including phenoxy) is 2. The molecule has 0 aromatic heterocycles. The zero-order valence-corrected chi connectivity index (χ0v) is 14.2. The van der Waals surface area contributed by atoms with E-state index in [-0.39, 0.29) is 19.7 Å². The van der Waals surface area contributed by atoms with Crippen molar-refractivity contribution in [1.82, 2.24) is 10.2 Å². The fourth-order valence-corrected chi connectivity index (χ4v) is 2.32. The van der Waals surface area contributed by atoms with E-state index in [0.29, 0.717) is 0 Å². The van der Waals surface area contributed by atoms with Gasteiger partial charge in [0.25, 0.3) is 0 Å². The number of benzene rings is 1. The van der Waals surface area contributed by atoms with Gasteiger partial charge in [-0.2, -0.15) is 0 Å². The molecule has 2 rings (SSSR count). The zero-order chi connectivity index (χ0) is 17.7. The number of nitrogens with one attached hydrogen (secondary N) is 1. The SMILES string of the molecule is CC(C)(C)OC(=O)N1C[C@H](O)[C@H](NC(=O)OCc2ccccc2)C1. The van der Waals surface area contributed by atoms with Crippen LogP contribution in [0.4, 0.5) is 9.59 Å². The number of amides is 2. The normalized spacial score (nSPS) is 20.6. The first-order valence-corrected chi connectivity index (χ1v) is 7.88. The van der Waals surface area contributed by atoms with Crippen molar-refractivity contribution in [3.05, 3.63) is 35.9 Å². The molecule has 7 nitrogen and oxygen atoms in total. The number of aliphatic hydroxyl groups excluding tert-OH is 1. The molecule has 1 fully saturated rings. The number of β-amino-alcohol motifs (C(OH)–C–C–N with tert-alkyl or cyclic N) is 1. The quantitative estimate of drug-likeness (QED) is 0.880. The molecule has 0 unspecified atom stereocenters. The molecule has 0 radical (unpaired) electrons. The van der Waals surface area contributed by atoms with Gasteiger partial charge in [0.15, 0.2) is 0 Å². The highest BCUT2D eigenvalue weighted by atomic mass is 16.6. The molecule has 0 bridgehead atoms. The number of hydrogen-bond acceptors (Lipinski definition) is 5. The molecule has 2 N–H and O–H groups in total. The molecule has 1 aromatic rings. The molecule has 7 heteroatoms. The summed E-state index contributed by atoms with van der Waals surface area (Å²) in [6.07, 6.45) is -2.00. The molecule has 1 aromatic carbocycles. The zero-order valence-electron chi connectivity index (χ0n) is 14.2. The van der Waals surface area contributed by atoms with E-state index in [0.717, 1.165) is 5.56 Å². The summed E-state index contributed by atoms with van der Waals surface area (Å²) < 4.78 is 10.4. The number of nitrogens with zero attached hydrogens (tertiary/aromatic N) is 1. The third-order valence-electron chi connectivity index (χ3n) is 3.46. The molecular formula is C17H24N2O5. The summed E-state index contributed by atoms with van der Waals surface area (Å²) in [6.45, 7) is 5.75. The van der Waals surface area contributed by atoms with Crippen molar-refractivity contribution in [2.75, 3.05) is 13.1 Å². The van der Waals surface area contributed by atoms with Gasteiger partial charge in [0, 0.05) is 6.54 Å². The summed E-state index contributed by atoms with van der Waals surface area (Å²) in [5.74, 6) is 0. The Bertz CT molecular complexity index is 570. The van der Waals surface area contributed by atoms with Crippen LogP contribution in [0.25, 0.3) is 0 Å². The molecule has 1 aliphatic heterocycles. The number of carbonyl (C=O) groups excluding carboxylic acids is 2. The maximum absolute atomic E-state index is 12.0. The fourth-order valence-electron chi connectivity index (χ4n) is 2.32. The van der Waals surface area contributed by atoms with Crippen LogP contribution in [0, 0.1) is 0 Å². The molecule has 1 saturated heterocycles. The van der Waals surface area contributed by atoms with Gasteiger partial charge in [-0.3, -0.25) is 0 Å². The summed E-state index contributed by atoms with van der Waals surface area (Å²) in [7, 11) is 0. The molecule has 0 saturated carbocycles. The number of aliphatic hydroxyl groups is 1. The van der Waals surface area contributed by atoms with E-state index in [4.69, 9.17) is 9.47 Å². The van der Waals surface area contributed by atoms with E-state index in [9.17, 15) is 14.7 Å². The van der Waals surface area contributed by atoms with Crippen LogP contribution in [0.3, 0.4) is 0 Å². The Kier molecular flexibility index (Phi) is 5.66. The lowest BCUT2D eigenvalue weighted by Gasteiger charge is -2.24. The first-order chi connectivity index (χ1) is 11.2. The largest absolute Gasteiger partial charge is 0.445 e. The molecule has 0 aliphatic carbocycles. The third-order valence-corrected chi connectivity index (χ3v) is 3.46. The van der Waals surface area contributed by atoms with Crippen LogP contribution < -0.4 is 5.32 Å². The van der Waals surface area contributed by atoms with Crippen molar-refractivity contribution in [3.63, 3.8) is 0 Å². The van der Waals surface area contributed by atoms with Crippen LogP contribution in [0.15, 0.2) is 30.3 Å². The molecule has 2 atom stereocenters. The van der Waals surface area contributed by atoms with Gasteiger partial charge in [0.2, 0.25) is 0 Å². The molecule has 0 spiro atoms. The Morgan fingerprint density at radius 3 is 2.54 bits per heavy atom. The van der Waals surface area contributed by atoms with Gasteiger partial charge in [0.1, 0.15) is 12.2 Å². The van der Waals surface area contributed by atoms with Crippen LogP contribution in [0.2, 0.25) is 0 Å². The minimum atomic E-state index is -0.859. The van der Waals surface area contributed by atoms with Gasteiger partial charge in [-0.25, -0.2) is 9.59 Å². The summed E-state index contributed by atoms with van der Waals surface area (Å²) in [5.41, 5.74) is 0.261. The second-order valence-electron chi connectivity index (χ2n) is 6.77. The maximum atomic E-state index is 12.0. The van der Waals surface area contributed by atoms with Gasteiger partial charge in [-0.05, 0) is 26.3 Å². The summed E-state index contributed by atoms with van der Waals surface area (Å²) >= 11 is 0. The molecule has 2 amide bonds. The molecule has 132 valence electrons. The van der Waals surface area contributed by atoms with Crippen molar-refractivity contribution in [2.24, 2.45) is 0 Å². The van der Waals surface area contributed by atoms with E-state index in [1.165, 1.54) is 4.90 Å². The number of likely N-dealkylation sites (tertiary alicyclic amines) is 1. The van der Waals surface area contributed by atoms with E-state index in [1.807, 2.05) is 30.3 Å². The Labute approximate surface area is 141 Å². The van der Waals surface area contributed by atoms with Gasteiger partial charge < -0.3 is 24.8 Å².